The molecule has 0 amide bonds. The summed E-state index contributed by atoms with van der Waals surface area (Å²) in [7, 11) is -6.85. The van der Waals surface area contributed by atoms with E-state index >= 15 is 0 Å². The Morgan fingerprint density at radius 1 is 0.306 bits per heavy atom. The van der Waals surface area contributed by atoms with Crippen molar-refractivity contribution in [2.45, 2.75) is 0 Å². The molecule has 0 nitrogen and oxygen atoms in total. The van der Waals surface area contributed by atoms with Gasteiger partial charge in [0.05, 0.1) is 0 Å². The highest BCUT2D eigenvalue weighted by Crippen LogP contribution is 2.28. The molecule has 0 fully saturated rings. The van der Waals surface area contributed by atoms with Crippen LogP contribution >= 0.6 is 0 Å². The molecule has 0 bridgehead atoms. The highest BCUT2D eigenvalue weighted by atomic mass is 28.3. The molecule has 0 saturated carbocycles. The second-order valence-corrected chi connectivity index (χ2v) is 10.4. The van der Waals surface area contributed by atoms with E-state index in [1.165, 1.54) is 0 Å². The second kappa shape index (κ2) is 8.90. The summed E-state index contributed by atoms with van der Waals surface area (Å²) >= 11 is 0. The van der Waals surface area contributed by atoms with Crippen molar-refractivity contribution in [3.63, 3.8) is 0 Å². The summed E-state index contributed by atoms with van der Waals surface area (Å²) in [5.74, 6) is -45.3. The van der Waals surface area contributed by atoms with E-state index in [0.717, 1.165) is 0 Å². The van der Waals surface area contributed by atoms with E-state index in [-0.39, 0.29) is 5.70 Å². The van der Waals surface area contributed by atoms with E-state index in [1.54, 1.807) is 0 Å². The van der Waals surface area contributed by atoms with Gasteiger partial charge in [-0.1, -0.05) is 5.70 Å². The fraction of sp³-hybridized carbons (Fsp3) is 0. The summed E-state index contributed by atoms with van der Waals surface area (Å²) < 4.78 is 213. The van der Waals surface area contributed by atoms with Crippen molar-refractivity contribution in [3.05, 3.63) is 99.5 Å². The van der Waals surface area contributed by atoms with Crippen molar-refractivity contribution < 1.29 is 65.9 Å². The maximum atomic E-state index is 14.8. The van der Waals surface area contributed by atoms with Gasteiger partial charge in [-0.2, -0.15) is 0 Å². The lowest BCUT2D eigenvalue weighted by atomic mass is 10.3. The Hall–Kier alpha value is -3.43. The van der Waals surface area contributed by atoms with Gasteiger partial charge in [0.15, 0.2) is 77.9 Å². The lowest BCUT2D eigenvalue weighted by Gasteiger charge is -2.32. The van der Waals surface area contributed by atoms with Crippen LogP contribution in [0.25, 0.3) is 0 Å². The smallest absolute Gasteiger partial charge is 0.200 e. The first-order valence-electron chi connectivity index (χ1n) is 8.78. The standard InChI is InChI=1S/C20H3F15Si/c1-2-36(18-12(30)6(24)3(21)7(25)13(18)31,19-14(32)8(26)4(22)9(27)15(19)33)20-16(34)10(28)5(23)11(29)17(20)35/h2H,1H2. The molecule has 0 N–H and O–H groups in total. The first-order valence-corrected chi connectivity index (χ1v) is 10.9. The Balaban J connectivity index is 2.85. The predicted octanol–water partition coefficient (Wildman–Crippen LogP) is 4.97. The van der Waals surface area contributed by atoms with Crippen LogP contribution in [0.15, 0.2) is 12.3 Å². The van der Waals surface area contributed by atoms with Gasteiger partial charge >= 0.3 is 0 Å². The summed E-state index contributed by atoms with van der Waals surface area (Å²) in [5.41, 5.74) is -0.387. The zero-order chi connectivity index (χ0) is 27.6. The van der Waals surface area contributed by atoms with Gasteiger partial charge in [0.25, 0.3) is 0 Å². The minimum Gasteiger partial charge on any atom is -0.204 e. The fourth-order valence-electron chi connectivity index (χ4n) is 3.53. The van der Waals surface area contributed by atoms with Gasteiger partial charge in [0.2, 0.25) is 17.5 Å². The molecular formula is C20H3F15Si. The lowest BCUT2D eigenvalue weighted by molar-refractivity contribution is 0.380. The summed E-state index contributed by atoms with van der Waals surface area (Å²) in [5, 5.41) is -7.92. The van der Waals surface area contributed by atoms with Crippen molar-refractivity contribution in [1.82, 2.24) is 0 Å². The monoisotopic (exact) mass is 556 g/mol. The average Bonchev–Trinajstić information content (AvgIpc) is 2.85. The molecule has 0 aliphatic heterocycles. The topological polar surface area (TPSA) is 0 Å². The Bertz CT molecular complexity index is 1210. The van der Waals surface area contributed by atoms with E-state index in [2.05, 4.69) is 6.58 Å². The molecule has 0 aliphatic rings. The van der Waals surface area contributed by atoms with Crippen molar-refractivity contribution in [2.75, 3.05) is 0 Å². The summed E-state index contributed by atoms with van der Waals surface area (Å²) in [4.78, 5) is 0. The van der Waals surface area contributed by atoms with Gasteiger partial charge in [-0.3, -0.25) is 0 Å². The van der Waals surface area contributed by atoms with Gasteiger partial charge in [-0.25, -0.2) is 65.9 Å². The number of rotatable bonds is 4. The van der Waals surface area contributed by atoms with Crippen LogP contribution in [0.1, 0.15) is 0 Å². The Kier molecular flexibility index (Phi) is 6.71. The second-order valence-electron chi connectivity index (χ2n) is 6.85. The number of halogens is 15. The van der Waals surface area contributed by atoms with Gasteiger partial charge in [0.1, 0.15) is 0 Å². The van der Waals surface area contributed by atoms with Crippen LogP contribution in [0.2, 0.25) is 0 Å². The van der Waals surface area contributed by atoms with Crippen LogP contribution in [-0.2, 0) is 0 Å². The third-order valence-corrected chi connectivity index (χ3v) is 9.41. The van der Waals surface area contributed by atoms with Crippen molar-refractivity contribution in [1.29, 1.82) is 0 Å². The normalized spacial score (nSPS) is 11.9. The molecule has 0 aromatic heterocycles. The molecule has 16 heteroatoms. The van der Waals surface area contributed by atoms with E-state index in [4.69, 9.17) is 0 Å². The molecule has 3 aromatic rings. The largest absolute Gasteiger partial charge is 0.204 e. The quantitative estimate of drug-likeness (QED) is 0.140. The third kappa shape index (κ3) is 3.33. The Morgan fingerprint density at radius 3 is 0.583 bits per heavy atom. The van der Waals surface area contributed by atoms with E-state index in [9.17, 15) is 65.9 Å². The van der Waals surface area contributed by atoms with Crippen LogP contribution < -0.4 is 15.6 Å². The molecule has 192 valence electrons. The number of hydrogen-bond acceptors (Lipinski definition) is 0. The molecular weight excluding hydrogens is 553 g/mol. The highest BCUT2D eigenvalue weighted by molar-refractivity contribution is 7.15. The average molecular weight is 556 g/mol. The lowest BCUT2D eigenvalue weighted by Crippen LogP contribution is -2.72. The number of hydrogen-bond donors (Lipinski definition) is 0. The maximum Gasteiger partial charge on any atom is 0.200 e. The first kappa shape index (κ1) is 27.2. The van der Waals surface area contributed by atoms with Crippen LogP contribution in [0.5, 0.6) is 0 Å². The third-order valence-electron chi connectivity index (χ3n) is 5.12. The van der Waals surface area contributed by atoms with E-state index in [0.29, 0.717) is 0 Å². The van der Waals surface area contributed by atoms with Gasteiger partial charge in [-0.05, 0) is 0 Å². The molecule has 0 saturated heterocycles. The van der Waals surface area contributed by atoms with Crippen LogP contribution in [0, 0.1) is 87.3 Å². The number of benzene rings is 3. The van der Waals surface area contributed by atoms with Gasteiger partial charge in [-0.15, -0.1) is 6.58 Å². The van der Waals surface area contributed by atoms with Crippen LogP contribution in [0.3, 0.4) is 0 Å². The molecule has 0 spiro atoms. The molecule has 0 radical (unpaired) electrons. The van der Waals surface area contributed by atoms with Crippen LogP contribution in [-0.4, -0.2) is 8.07 Å². The fourth-order valence-corrected chi connectivity index (χ4v) is 7.63. The Morgan fingerprint density at radius 2 is 0.444 bits per heavy atom. The molecule has 3 rings (SSSR count). The summed E-state index contributed by atoms with van der Waals surface area (Å²) in [6, 6.07) is 0. The summed E-state index contributed by atoms with van der Waals surface area (Å²) in [6.07, 6.45) is 0. The molecule has 0 heterocycles. The maximum absolute atomic E-state index is 14.8. The molecule has 0 atom stereocenters. The van der Waals surface area contributed by atoms with Crippen molar-refractivity contribution >= 4 is 23.6 Å². The van der Waals surface area contributed by atoms with Crippen molar-refractivity contribution in [3.8, 4) is 0 Å². The molecule has 0 aliphatic carbocycles. The highest BCUT2D eigenvalue weighted by Gasteiger charge is 2.54. The van der Waals surface area contributed by atoms with E-state index < -0.39 is 111 Å². The zero-order valence-corrected chi connectivity index (χ0v) is 17.5. The summed E-state index contributed by atoms with van der Waals surface area (Å²) in [6.45, 7) is 2.70. The minimum atomic E-state index is -6.85. The zero-order valence-electron chi connectivity index (χ0n) is 16.5. The molecule has 0 unspecified atom stereocenters. The van der Waals surface area contributed by atoms with Crippen LogP contribution in [0.4, 0.5) is 65.9 Å². The molecule has 36 heavy (non-hydrogen) atoms. The van der Waals surface area contributed by atoms with Gasteiger partial charge in [0, 0.05) is 15.6 Å². The van der Waals surface area contributed by atoms with Gasteiger partial charge < -0.3 is 0 Å². The van der Waals surface area contributed by atoms with E-state index in [1.807, 2.05) is 0 Å². The Labute approximate surface area is 189 Å². The predicted molar refractivity (Wildman–Crippen MR) is 93.5 cm³/mol. The SMILES string of the molecule is C=C[Si](c1c(F)c(F)c(F)c(F)c1F)(c1c(F)c(F)c(F)c(F)c1F)c1c(F)c(F)c(F)c(F)c1F. The molecule has 3 aromatic carbocycles. The first-order chi connectivity index (χ1) is 16.6. The van der Waals surface area contributed by atoms with Crippen molar-refractivity contribution in [2.24, 2.45) is 0 Å². The minimum absolute atomic E-state index is 0.387.